The second-order valence-electron chi connectivity index (χ2n) is 2.50. The highest BCUT2D eigenvalue weighted by Crippen LogP contribution is 2.32. The van der Waals surface area contributed by atoms with Crippen molar-refractivity contribution in [3.05, 3.63) is 22.8 Å². The van der Waals surface area contributed by atoms with Crippen LogP contribution < -0.4 is 0 Å². The van der Waals surface area contributed by atoms with Crippen molar-refractivity contribution in [2.45, 2.75) is 16.9 Å². The number of ether oxygens (including phenoxy) is 1. The first-order valence-corrected chi connectivity index (χ1v) is 5.56. The number of aliphatic hydroxyl groups is 2. The van der Waals surface area contributed by atoms with Crippen molar-refractivity contribution in [3.8, 4) is 0 Å². The van der Waals surface area contributed by atoms with Crippen LogP contribution in [0.3, 0.4) is 0 Å². The lowest BCUT2D eigenvalue weighted by Crippen LogP contribution is -2.06. The molecule has 5 heteroatoms. The van der Waals surface area contributed by atoms with Crippen molar-refractivity contribution in [3.63, 3.8) is 0 Å². The summed E-state index contributed by atoms with van der Waals surface area (Å²) in [5, 5.41) is 17.6. The van der Waals surface area contributed by atoms with Gasteiger partial charge in [-0.1, -0.05) is 33.8 Å². The third-order valence-corrected chi connectivity index (χ3v) is 3.00. The molecule has 0 fully saturated rings. The maximum absolute atomic E-state index is 8.78. The molecular formula is C8H11BrO3S. The highest BCUT2D eigenvalue weighted by Gasteiger charge is 2.16. The summed E-state index contributed by atoms with van der Waals surface area (Å²) in [6, 6.07) is 0. The zero-order chi connectivity index (χ0) is 9.84. The minimum atomic E-state index is -1.40. The van der Waals surface area contributed by atoms with Gasteiger partial charge in [0, 0.05) is 4.83 Å². The molecule has 0 saturated heterocycles. The Balaban J connectivity index is 2.70. The van der Waals surface area contributed by atoms with Crippen molar-refractivity contribution in [1.29, 1.82) is 0 Å². The molecule has 2 N–H and O–H groups in total. The molecule has 3 nitrogen and oxygen atoms in total. The summed E-state index contributed by atoms with van der Waals surface area (Å²) >= 11 is 4.38. The maximum atomic E-state index is 8.78. The molecule has 1 aliphatic carbocycles. The van der Waals surface area contributed by atoms with Crippen molar-refractivity contribution < 1.29 is 14.9 Å². The van der Waals surface area contributed by atoms with E-state index in [1.807, 2.05) is 12.2 Å². The van der Waals surface area contributed by atoms with Gasteiger partial charge in [0.05, 0.1) is 12.0 Å². The van der Waals surface area contributed by atoms with E-state index >= 15 is 0 Å². The fraction of sp³-hybridized carbons (Fsp3) is 0.500. The van der Waals surface area contributed by atoms with E-state index in [-0.39, 0.29) is 4.83 Å². The van der Waals surface area contributed by atoms with Crippen LogP contribution in [-0.4, -0.2) is 27.8 Å². The summed E-state index contributed by atoms with van der Waals surface area (Å²) in [4.78, 5) is 0.998. The van der Waals surface area contributed by atoms with E-state index in [1.165, 1.54) is 0 Å². The third-order valence-electron chi connectivity index (χ3n) is 1.56. The van der Waals surface area contributed by atoms with Gasteiger partial charge in [-0.3, -0.25) is 0 Å². The third kappa shape index (κ3) is 3.34. The van der Waals surface area contributed by atoms with Gasteiger partial charge in [0.1, 0.15) is 5.76 Å². The Bertz CT molecular complexity index is 238. The molecule has 0 aromatic heterocycles. The van der Waals surface area contributed by atoms with Crippen LogP contribution in [0.4, 0.5) is 0 Å². The molecule has 0 saturated carbocycles. The highest BCUT2D eigenvalue weighted by molar-refractivity contribution is 9.09. The average Bonchev–Trinajstić information content (AvgIpc) is 2.03. The summed E-state index contributed by atoms with van der Waals surface area (Å²) in [5.74, 6) is 0.703. The Morgan fingerprint density at radius 3 is 2.92 bits per heavy atom. The van der Waals surface area contributed by atoms with Gasteiger partial charge in [0.25, 0.3) is 0 Å². The molecule has 0 spiro atoms. The number of rotatable bonds is 3. The summed E-state index contributed by atoms with van der Waals surface area (Å²) in [5.41, 5.74) is -1.40. The minimum Gasteiger partial charge on any atom is -0.496 e. The van der Waals surface area contributed by atoms with Crippen molar-refractivity contribution in [1.82, 2.24) is 0 Å². The molecule has 1 rings (SSSR count). The molecule has 0 heterocycles. The first-order valence-electron chi connectivity index (χ1n) is 3.76. The van der Waals surface area contributed by atoms with Crippen LogP contribution in [0.15, 0.2) is 22.8 Å². The topological polar surface area (TPSA) is 49.7 Å². The van der Waals surface area contributed by atoms with Crippen molar-refractivity contribution >= 4 is 27.7 Å². The molecular weight excluding hydrogens is 256 g/mol. The summed E-state index contributed by atoms with van der Waals surface area (Å²) in [6.07, 6.45) is 4.68. The van der Waals surface area contributed by atoms with Crippen LogP contribution in [0.2, 0.25) is 0 Å². The molecule has 0 aliphatic heterocycles. The van der Waals surface area contributed by atoms with E-state index < -0.39 is 5.62 Å². The first-order chi connectivity index (χ1) is 6.13. The lowest BCUT2D eigenvalue weighted by Gasteiger charge is -2.17. The van der Waals surface area contributed by atoms with Crippen LogP contribution >= 0.6 is 27.7 Å². The molecule has 74 valence electrons. The SMILES string of the molecule is COC1=CCC(Br)C=C1SC(O)O. The van der Waals surface area contributed by atoms with Gasteiger partial charge in [-0.05, 0) is 12.5 Å². The first kappa shape index (κ1) is 11.1. The molecule has 0 aromatic rings. The summed E-state index contributed by atoms with van der Waals surface area (Å²) < 4.78 is 5.08. The molecule has 0 radical (unpaired) electrons. The number of hydrogen-bond acceptors (Lipinski definition) is 4. The molecule has 1 unspecified atom stereocenters. The zero-order valence-electron chi connectivity index (χ0n) is 7.11. The standard InChI is InChI=1S/C8H11BrO3S/c1-12-6-3-2-5(9)4-7(6)13-8(10)11/h3-5,8,10-11H,2H2,1H3. The Morgan fingerprint density at radius 2 is 2.38 bits per heavy atom. The minimum absolute atomic E-state index is 0.243. The molecule has 0 aromatic carbocycles. The lowest BCUT2D eigenvalue weighted by molar-refractivity contribution is 0.0409. The second kappa shape index (κ2) is 5.05. The summed E-state index contributed by atoms with van der Waals surface area (Å²) in [7, 11) is 1.57. The molecule has 1 atom stereocenters. The number of hydrogen-bond donors (Lipinski definition) is 2. The smallest absolute Gasteiger partial charge is 0.206 e. The number of halogens is 1. The monoisotopic (exact) mass is 266 g/mol. The van der Waals surface area contributed by atoms with Crippen molar-refractivity contribution in [2.24, 2.45) is 0 Å². The van der Waals surface area contributed by atoms with Gasteiger partial charge in [-0.15, -0.1) is 0 Å². The normalized spacial score (nSPS) is 22.7. The van der Waals surface area contributed by atoms with Crippen LogP contribution in [0.1, 0.15) is 6.42 Å². The Hall–Kier alpha value is 0.0300. The van der Waals surface area contributed by atoms with Gasteiger partial charge in [0.15, 0.2) is 0 Å². The van der Waals surface area contributed by atoms with Gasteiger partial charge < -0.3 is 14.9 Å². The fourth-order valence-corrected chi connectivity index (χ4v) is 2.41. The van der Waals surface area contributed by atoms with E-state index in [1.54, 1.807) is 7.11 Å². The lowest BCUT2D eigenvalue weighted by atomic mass is 10.2. The van der Waals surface area contributed by atoms with E-state index in [2.05, 4.69) is 15.9 Å². The predicted molar refractivity (Wildman–Crippen MR) is 56.3 cm³/mol. The number of methoxy groups -OCH3 is 1. The van der Waals surface area contributed by atoms with E-state index in [0.717, 1.165) is 23.1 Å². The van der Waals surface area contributed by atoms with Crippen LogP contribution in [0, 0.1) is 0 Å². The van der Waals surface area contributed by atoms with Crippen LogP contribution in [-0.2, 0) is 4.74 Å². The Morgan fingerprint density at radius 1 is 1.69 bits per heavy atom. The largest absolute Gasteiger partial charge is 0.496 e. The van der Waals surface area contributed by atoms with Gasteiger partial charge >= 0.3 is 0 Å². The maximum Gasteiger partial charge on any atom is 0.206 e. The van der Waals surface area contributed by atoms with E-state index in [9.17, 15) is 0 Å². The fourth-order valence-electron chi connectivity index (χ4n) is 1.03. The zero-order valence-corrected chi connectivity index (χ0v) is 9.51. The molecule has 13 heavy (non-hydrogen) atoms. The van der Waals surface area contributed by atoms with E-state index in [0.29, 0.717) is 5.76 Å². The number of allylic oxidation sites excluding steroid dienone is 2. The molecule has 1 aliphatic rings. The van der Waals surface area contributed by atoms with Crippen LogP contribution in [0.25, 0.3) is 0 Å². The predicted octanol–water partition coefficient (Wildman–Crippen LogP) is 1.57. The molecule has 0 bridgehead atoms. The molecule has 0 amide bonds. The second-order valence-corrected chi connectivity index (χ2v) is 4.77. The highest BCUT2D eigenvalue weighted by atomic mass is 79.9. The van der Waals surface area contributed by atoms with Crippen molar-refractivity contribution in [2.75, 3.05) is 7.11 Å². The summed E-state index contributed by atoms with van der Waals surface area (Å²) in [6.45, 7) is 0. The Labute approximate surface area is 89.6 Å². The Kier molecular flexibility index (Phi) is 4.31. The number of thioether (sulfide) groups is 1. The van der Waals surface area contributed by atoms with Crippen LogP contribution in [0.5, 0.6) is 0 Å². The van der Waals surface area contributed by atoms with Gasteiger partial charge in [-0.25, -0.2) is 0 Å². The quantitative estimate of drug-likeness (QED) is 0.602. The number of aliphatic hydroxyl groups excluding tert-OH is 1. The van der Waals surface area contributed by atoms with E-state index in [4.69, 9.17) is 14.9 Å². The van der Waals surface area contributed by atoms with Gasteiger partial charge in [-0.2, -0.15) is 0 Å². The number of alkyl halides is 1. The van der Waals surface area contributed by atoms with Gasteiger partial charge in [0.2, 0.25) is 5.62 Å². The average molecular weight is 267 g/mol.